The quantitative estimate of drug-likeness (QED) is 0.723. The molecule has 0 aliphatic carbocycles. The molecule has 7 heteroatoms. The summed E-state index contributed by atoms with van der Waals surface area (Å²) in [7, 11) is -3.56. The van der Waals surface area contributed by atoms with Crippen LogP contribution in [0.3, 0.4) is 0 Å². The van der Waals surface area contributed by atoms with E-state index in [0.29, 0.717) is 0 Å². The highest BCUT2D eigenvalue weighted by molar-refractivity contribution is 7.89. The summed E-state index contributed by atoms with van der Waals surface area (Å²) < 4.78 is 26.7. The highest BCUT2D eigenvalue weighted by Crippen LogP contribution is 2.13. The van der Waals surface area contributed by atoms with Crippen molar-refractivity contribution >= 4 is 15.9 Å². The predicted octanol–water partition coefficient (Wildman–Crippen LogP) is 1.75. The van der Waals surface area contributed by atoms with Gasteiger partial charge in [0, 0.05) is 38.6 Å². The van der Waals surface area contributed by atoms with Crippen molar-refractivity contribution in [1.29, 1.82) is 0 Å². The summed E-state index contributed by atoms with van der Waals surface area (Å²) in [6, 6.07) is 18.5. The van der Waals surface area contributed by atoms with Crippen molar-refractivity contribution in [3.05, 3.63) is 66.2 Å². The highest BCUT2D eigenvalue weighted by atomic mass is 32.2. The highest BCUT2D eigenvalue weighted by Gasteiger charge is 2.23. The van der Waals surface area contributed by atoms with Crippen molar-refractivity contribution in [2.75, 3.05) is 19.6 Å². The van der Waals surface area contributed by atoms with Crippen LogP contribution >= 0.6 is 0 Å². The maximum atomic E-state index is 12.1. The number of hydrogen-bond donors (Lipinski definition) is 2. The Morgan fingerprint density at radius 3 is 2.41 bits per heavy atom. The Bertz CT molecular complexity index is 841. The average Bonchev–Trinajstić information content (AvgIpc) is 3.10. The third kappa shape index (κ3) is 5.89. The zero-order valence-electron chi connectivity index (χ0n) is 15.2. The van der Waals surface area contributed by atoms with Crippen molar-refractivity contribution in [3.63, 3.8) is 0 Å². The van der Waals surface area contributed by atoms with Crippen molar-refractivity contribution in [2.45, 2.75) is 30.3 Å². The number of nitrogens with one attached hydrogen (secondary N) is 2. The van der Waals surface area contributed by atoms with Gasteiger partial charge in [0.15, 0.2) is 0 Å². The lowest BCUT2D eigenvalue weighted by Gasteiger charge is -2.17. The number of hydrogen-bond acceptors (Lipinski definition) is 4. The monoisotopic (exact) mass is 387 g/mol. The molecule has 2 aromatic rings. The van der Waals surface area contributed by atoms with Gasteiger partial charge in [-0.15, -0.1) is 0 Å². The van der Waals surface area contributed by atoms with E-state index < -0.39 is 10.0 Å². The van der Waals surface area contributed by atoms with Crippen LogP contribution in [0.2, 0.25) is 0 Å². The van der Waals surface area contributed by atoms with E-state index in [1.54, 1.807) is 18.2 Å². The zero-order chi connectivity index (χ0) is 19.1. The summed E-state index contributed by atoms with van der Waals surface area (Å²) in [5.74, 6) is -0.127. The molecule has 1 saturated heterocycles. The molecule has 144 valence electrons. The van der Waals surface area contributed by atoms with E-state index in [0.717, 1.165) is 26.1 Å². The van der Waals surface area contributed by atoms with Gasteiger partial charge >= 0.3 is 0 Å². The minimum absolute atomic E-state index is 0.0868. The van der Waals surface area contributed by atoms with Crippen LogP contribution in [0.5, 0.6) is 0 Å². The van der Waals surface area contributed by atoms with Crippen LogP contribution in [0.4, 0.5) is 0 Å². The molecule has 0 radical (unpaired) electrons. The first kappa shape index (κ1) is 19.5. The normalized spacial score (nSPS) is 17.7. The number of carbonyl (C=O) groups is 1. The van der Waals surface area contributed by atoms with Crippen molar-refractivity contribution in [2.24, 2.45) is 0 Å². The fourth-order valence-electron chi connectivity index (χ4n) is 3.22. The van der Waals surface area contributed by atoms with Crippen LogP contribution in [0, 0.1) is 0 Å². The standard InChI is InChI=1S/C20H25N3O3S/c24-20(11-13-21-27(25,26)19-9-5-2-6-10-19)22-18-12-14-23(16-18)15-17-7-3-1-4-8-17/h1-10,18,21H,11-16H2,(H,22,24). The molecule has 0 saturated carbocycles. The minimum Gasteiger partial charge on any atom is -0.352 e. The second kappa shape index (κ2) is 9.12. The van der Waals surface area contributed by atoms with Crippen molar-refractivity contribution < 1.29 is 13.2 Å². The molecule has 2 N–H and O–H groups in total. The lowest BCUT2D eigenvalue weighted by atomic mass is 10.2. The first-order valence-corrected chi connectivity index (χ1v) is 10.6. The summed E-state index contributed by atoms with van der Waals surface area (Å²) >= 11 is 0. The van der Waals surface area contributed by atoms with Crippen LogP contribution in [-0.4, -0.2) is 44.9 Å². The number of rotatable bonds is 8. The molecule has 27 heavy (non-hydrogen) atoms. The van der Waals surface area contributed by atoms with Gasteiger partial charge in [-0.25, -0.2) is 13.1 Å². The Kier molecular flexibility index (Phi) is 6.60. The third-order valence-electron chi connectivity index (χ3n) is 4.58. The zero-order valence-corrected chi connectivity index (χ0v) is 16.0. The number of amides is 1. The molecule has 1 unspecified atom stereocenters. The average molecular weight is 388 g/mol. The molecule has 1 atom stereocenters. The molecule has 2 aromatic carbocycles. The Hall–Kier alpha value is -2.22. The van der Waals surface area contributed by atoms with Gasteiger partial charge in [0.05, 0.1) is 4.90 Å². The predicted molar refractivity (Wildman–Crippen MR) is 105 cm³/mol. The fourth-order valence-corrected chi connectivity index (χ4v) is 4.27. The summed E-state index contributed by atoms with van der Waals surface area (Å²) in [5.41, 5.74) is 1.26. The molecule has 1 amide bonds. The number of benzene rings is 2. The first-order chi connectivity index (χ1) is 13.0. The second-order valence-electron chi connectivity index (χ2n) is 6.73. The lowest BCUT2D eigenvalue weighted by molar-refractivity contribution is -0.121. The smallest absolute Gasteiger partial charge is 0.240 e. The van der Waals surface area contributed by atoms with Crippen LogP contribution in [0.25, 0.3) is 0 Å². The Balaban J connectivity index is 1.39. The Labute approximate surface area is 160 Å². The molecule has 0 bridgehead atoms. The van der Waals surface area contributed by atoms with Gasteiger partial charge in [-0.1, -0.05) is 48.5 Å². The first-order valence-electron chi connectivity index (χ1n) is 9.13. The van der Waals surface area contributed by atoms with Gasteiger partial charge in [-0.2, -0.15) is 0 Å². The summed E-state index contributed by atoms with van der Waals surface area (Å²) in [6.07, 6.45) is 1.04. The van der Waals surface area contributed by atoms with E-state index in [2.05, 4.69) is 27.1 Å². The molecule has 1 heterocycles. The second-order valence-corrected chi connectivity index (χ2v) is 8.50. The minimum atomic E-state index is -3.56. The molecule has 1 aliphatic heterocycles. The maximum absolute atomic E-state index is 12.1. The SMILES string of the molecule is O=C(CCNS(=O)(=O)c1ccccc1)NC1CCN(Cc2ccccc2)C1. The topological polar surface area (TPSA) is 78.5 Å². The summed E-state index contributed by atoms with van der Waals surface area (Å²) in [6.45, 7) is 2.73. The number of sulfonamides is 1. The van der Waals surface area contributed by atoms with Crippen LogP contribution in [0.15, 0.2) is 65.6 Å². The molecule has 1 fully saturated rings. The van der Waals surface area contributed by atoms with Gasteiger partial charge < -0.3 is 5.32 Å². The van der Waals surface area contributed by atoms with E-state index >= 15 is 0 Å². The van der Waals surface area contributed by atoms with Gasteiger partial charge in [0.2, 0.25) is 15.9 Å². The van der Waals surface area contributed by atoms with Crippen LogP contribution in [-0.2, 0) is 21.4 Å². The molecular formula is C20H25N3O3S. The van der Waals surface area contributed by atoms with Crippen LogP contribution in [0.1, 0.15) is 18.4 Å². The number of likely N-dealkylation sites (tertiary alicyclic amines) is 1. The van der Waals surface area contributed by atoms with Crippen LogP contribution < -0.4 is 10.0 Å². The maximum Gasteiger partial charge on any atom is 0.240 e. The molecule has 6 nitrogen and oxygen atoms in total. The van der Waals surface area contributed by atoms with Gasteiger partial charge in [-0.05, 0) is 24.1 Å². The van der Waals surface area contributed by atoms with E-state index in [1.807, 2.05) is 18.2 Å². The number of carbonyl (C=O) groups excluding carboxylic acids is 1. The number of nitrogens with zero attached hydrogens (tertiary/aromatic N) is 1. The van der Waals surface area contributed by atoms with Gasteiger partial charge in [0.25, 0.3) is 0 Å². The summed E-state index contributed by atoms with van der Waals surface area (Å²) in [5, 5.41) is 3.01. The Morgan fingerprint density at radius 2 is 1.70 bits per heavy atom. The molecular weight excluding hydrogens is 362 g/mol. The van der Waals surface area contributed by atoms with E-state index in [-0.39, 0.29) is 29.8 Å². The third-order valence-corrected chi connectivity index (χ3v) is 6.06. The van der Waals surface area contributed by atoms with Gasteiger partial charge in [-0.3, -0.25) is 9.69 Å². The fraction of sp³-hybridized carbons (Fsp3) is 0.350. The van der Waals surface area contributed by atoms with Crippen molar-refractivity contribution in [3.8, 4) is 0 Å². The van der Waals surface area contributed by atoms with E-state index in [1.165, 1.54) is 17.7 Å². The molecule has 0 aromatic heterocycles. The molecule has 3 rings (SSSR count). The largest absolute Gasteiger partial charge is 0.352 e. The Morgan fingerprint density at radius 1 is 1.04 bits per heavy atom. The molecule has 0 spiro atoms. The van der Waals surface area contributed by atoms with E-state index in [9.17, 15) is 13.2 Å². The van der Waals surface area contributed by atoms with E-state index in [4.69, 9.17) is 0 Å². The van der Waals surface area contributed by atoms with Crippen molar-refractivity contribution in [1.82, 2.24) is 14.9 Å². The van der Waals surface area contributed by atoms with Gasteiger partial charge in [0.1, 0.15) is 0 Å². The molecule has 1 aliphatic rings. The summed E-state index contributed by atoms with van der Waals surface area (Å²) in [4.78, 5) is 14.6. The lowest BCUT2D eigenvalue weighted by Crippen LogP contribution is -2.38.